The van der Waals surface area contributed by atoms with Crippen LogP contribution in [0.3, 0.4) is 0 Å². The number of carbonyl (C=O) groups is 3. The first-order chi connectivity index (χ1) is 14.4. The quantitative estimate of drug-likeness (QED) is 0.357. The second kappa shape index (κ2) is 12.3. The first kappa shape index (κ1) is 23.8. The van der Waals surface area contributed by atoms with E-state index in [0.717, 1.165) is 18.4 Å². The number of aliphatic carboxylic acids is 2. The fourth-order valence-electron chi connectivity index (χ4n) is 3.99. The predicted molar refractivity (Wildman–Crippen MR) is 113 cm³/mol. The van der Waals surface area contributed by atoms with E-state index in [1.54, 1.807) is 4.90 Å². The fraction of sp³-hybridized carbons (Fsp3) is 0.591. The number of carboxylic acids is 2. The Balaban J connectivity index is 2.07. The standard InChI is InChI=1S/C22H33N3O5/c23-13-5-4-10-18(21(28)25-14-6-9-17(25)15-20(26)27)24-19(22(29)30)12-11-16-7-2-1-3-8-16/h1-3,7-8,17-19,24H,4-6,9-15,23H2,(H,26,27)(H,29,30)/t17-,18-,19-/m0/s1. The van der Waals surface area contributed by atoms with Gasteiger partial charge < -0.3 is 20.8 Å². The van der Waals surface area contributed by atoms with E-state index in [2.05, 4.69) is 5.32 Å². The predicted octanol–water partition coefficient (Wildman–Crippen LogP) is 1.63. The van der Waals surface area contributed by atoms with Gasteiger partial charge in [0.15, 0.2) is 0 Å². The minimum absolute atomic E-state index is 0.0857. The molecule has 0 bridgehead atoms. The fourth-order valence-corrected chi connectivity index (χ4v) is 3.99. The Bertz CT molecular complexity index is 697. The van der Waals surface area contributed by atoms with E-state index in [4.69, 9.17) is 10.8 Å². The third-order valence-electron chi connectivity index (χ3n) is 5.58. The molecule has 0 spiro atoms. The van der Waals surface area contributed by atoms with Gasteiger partial charge in [0.25, 0.3) is 0 Å². The van der Waals surface area contributed by atoms with Gasteiger partial charge in [-0.2, -0.15) is 0 Å². The Labute approximate surface area is 177 Å². The number of nitrogens with zero attached hydrogens (tertiary/aromatic N) is 1. The highest BCUT2D eigenvalue weighted by Gasteiger charge is 2.35. The molecule has 1 aliphatic heterocycles. The maximum Gasteiger partial charge on any atom is 0.320 e. The van der Waals surface area contributed by atoms with Crippen molar-refractivity contribution in [3.63, 3.8) is 0 Å². The van der Waals surface area contributed by atoms with Gasteiger partial charge in [-0.1, -0.05) is 36.8 Å². The third-order valence-corrected chi connectivity index (χ3v) is 5.58. The minimum Gasteiger partial charge on any atom is -0.481 e. The number of nitrogens with two attached hydrogens (primary N) is 1. The highest BCUT2D eigenvalue weighted by molar-refractivity contribution is 5.84. The Hall–Kier alpha value is -2.45. The molecule has 166 valence electrons. The van der Waals surface area contributed by atoms with Crippen LogP contribution in [-0.4, -0.2) is 64.2 Å². The number of unbranched alkanes of at least 4 members (excludes halogenated alkanes) is 1. The van der Waals surface area contributed by atoms with Crippen molar-refractivity contribution >= 4 is 17.8 Å². The molecule has 8 nitrogen and oxygen atoms in total. The number of aryl methyl sites for hydroxylation is 1. The number of hydrogen-bond donors (Lipinski definition) is 4. The number of benzene rings is 1. The van der Waals surface area contributed by atoms with Gasteiger partial charge in [-0.25, -0.2) is 0 Å². The van der Waals surface area contributed by atoms with Crippen LogP contribution < -0.4 is 11.1 Å². The maximum atomic E-state index is 13.2. The molecule has 3 atom stereocenters. The number of carbonyl (C=O) groups excluding carboxylic acids is 1. The Morgan fingerprint density at radius 2 is 1.83 bits per heavy atom. The van der Waals surface area contributed by atoms with Crippen molar-refractivity contribution in [1.82, 2.24) is 10.2 Å². The lowest BCUT2D eigenvalue weighted by atomic mass is 10.0. The van der Waals surface area contributed by atoms with Gasteiger partial charge in [-0.3, -0.25) is 19.7 Å². The van der Waals surface area contributed by atoms with E-state index in [0.29, 0.717) is 45.2 Å². The van der Waals surface area contributed by atoms with Crippen LogP contribution in [0.4, 0.5) is 0 Å². The Morgan fingerprint density at radius 3 is 2.47 bits per heavy atom. The molecule has 1 aromatic rings. The van der Waals surface area contributed by atoms with Crippen LogP contribution in [-0.2, 0) is 20.8 Å². The number of likely N-dealkylation sites (tertiary alicyclic amines) is 1. The van der Waals surface area contributed by atoms with Crippen LogP contribution in [0.15, 0.2) is 30.3 Å². The van der Waals surface area contributed by atoms with Gasteiger partial charge in [-0.15, -0.1) is 0 Å². The molecule has 2 rings (SSSR count). The summed E-state index contributed by atoms with van der Waals surface area (Å²) in [6.07, 6.45) is 4.19. The minimum atomic E-state index is -0.994. The summed E-state index contributed by atoms with van der Waals surface area (Å²) in [4.78, 5) is 37.8. The van der Waals surface area contributed by atoms with E-state index in [9.17, 15) is 19.5 Å². The highest BCUT2D eigenvalue weighted by Crippen LogP contribution is 2.22. The second-order valence-electron chi connectivity index (χ2n) is 7.84. The summed E-state index contributed by atoms with van der Waals surface area (Å²) in [5.41, 5.74) is 6.62. The summed E-state index contributed by atoms with van der Waals surface area (Å²) < 4.78 is 0. The number of rotatable bonds is 13. The molecular formula is C22H33N3O5. The maximum absolute atomic E-state index is 13.2. The van der Waals surface area contributed by atoms with Crippen LogP contribution in [0.25, 0.3) is 0 Å². The lowest BCUT2D eigenvalue weighted by Gasteiger charge is -2.30. The van der Waals surface area contributed by atoms with Crippen molar-refractivity contribution in [1.29, 1.82) is 0 Å². The van der Waals surface area contributed by atoms with Crippen LogP contribution in [0.2, 0.25) is 0 Å². The molecule has 0 unspecified atom stereocenters. The van der Waals surface area contributed by atoms with Gasteiger partial charge in [0, 0.05) is 12.6 Å². The molecule has 5 N–H and O–H groups in total. The summed E-state index contributed by atoms with van der Waals surface area (Å²) in [7, 11) is 0. The molecule has 0 aromatic heterocycles. The monoisotopic (exact) mass is 419 g/mol. The van der Waals surface area contributed by atoms with E-state index in [1.807, 2.05) is 30.3 Å². The lowest BCUT2D eigenvalue weighted by molar-refractivity contribution is -0.141. The van der Waals surface area contributed by atoms with Gasteiger partial charge in [0.05, 0.1) is 12.5 Å². The molecular weight excluding hydrogens is 386 g/mol. The SMILES string of the molecule is NCCCC[C@H](N[C@@H](CCc1ccccc1)C(=O)O)C(=O)N1CCC[C@H]1CC(=O)O. The van der Waals surface area contributed by atoms with Crippen molar-refractivity contribution < 1.29 is 24.6 Å². The summed E-state index contributed by atoms with van der Waals surface area (Å²) in [5, 5.41) is 21.9. The molecule has 1 aromatic carbocycles. The second-order valence-corrected chi connectivity index (χ2v) is 7.84. The van der Waals surface area contributed by atoms with Crippen LogP contribution in [0.1, 0.15) is 50.5 Å². The van der Waals surface area contributed by atoms with E-state index < -0.39 is 24.0 Å². The molecule has 1 aliphatic rings. The van der Waals surface area contributed by atoms with Crippen molar-refractivity contribution in [2.45, 2.75) is 69.5 Å². The zero-order valence-corrected chi connectivity index (χ0v) is 17.3. The summed E-state index contributed by atoms with van der Waals surface area (Å²) in [5.74, 6) is -2.13. The Morgan fingerprint density at radius 1 is 1.10 bits per heavy atom. The molecule has 1 fully saturated rings. The number of hydrogen-bond acceptors (Lipinski definition) is 5. The van der Waals surface area contributed by atoms with Gasteiger partial charge in [0.1, 0.15) is 6.04 Å². The largest absolute Gasteiger partial charge is 0.481 e. The molecule has 8 heteroatoms. The van der Waals surface area contributed by atoms with Gasteiger partial charge >= 0.3 is 11.9 Å². The molecule has 0 saturated carbocycles. The Kier molecular flexibility index (Phi) is 9.76. The molecule has 1 amide bonds. The average Bonchev–Trinajstić information content (AvgIpc) is 3.17. The topological polar surface area (TPSA) is 133 Å². The highest BCUT2D eigenvalue weighted by atomic mass is 16.4. The number of carboxylic acid groups (broad SMARTS) is 2. The number of amides is 1. The molecule has 0 radical (unpaired) electrons. The van der Waals surface area contributed by atoms with E-state index >= 15 is 0 Å². The van der Waals surface area contributed by atoms with Crippen LogP contribution in [0.5, 0.6) is 0 Å². The molecule has 30 heavy (non-hydrogen) atoms. The number of nitrogens with one attached hydrogen (secondary N) is 1. The van der Waals surface area contributed by atoms with Crippen LogP contribution >= 0.6 is 0 Å². The van der Waals surface area contributed by atoms with Crippen LogP contribution in [0, 0.1) is 0 Å². The van der Waals surface area contributed by atoms with E-state index in [-0.39, 0.29) is 18.4 Å². The van der Waals surface area contributed by atoms with Crippen molar-refractivity contribution in [3.8, 4) is 0 Å². The normalized spacial score (nSPS) is 18.2. The lowest BCUT2D eigenvalue weighted by Crippen LogP contribution is -2.53. The third kappa shape index (κ3) is 7.42. The van der Waals surface area contributed by atoms with Crippen molar-refractivity contribution in [3.05, 3.63) is 35.9 Å². The van der Waals surface area contributed by atoms with Crippen molar-refractivity contribution in [2.75, 3.05) is 13.1 Å². The zero-order chi connectivity index (χ0) is 21.9. The molecule has 1 saturated heterocycles. The zero-order valence-electron chi connectivity index (χ0n) is 17.3. The van der Waals surface area contributed by atoms with E-state index in [1.165, 1.54) is 0 Å². The summed E-state index contributed by atoms with van der Waals surface area (Å²) in [6, 6.07) is 7.77. The molecule has 0 aliphatic carbocycles. The summed E-state index contributed by atoms with van der Waals surface area (Å²) in [6.45, 7) is 1.01. The van der Waals surface area contributed by atoms with Gasteiger partial charge in [-0.05, 0) is 50.6 Å². The summed E-state index contributed by atoms with van der Waals surface area (Å²) >= 11 is 0. The molecule has 1 heterocycles. The first-order valence-corrected chi connectivity index (χ1v) is 10.7. The smallest absolute Gasteiger partial charge is 0.320 e. The van der Waals surface area contributed by atoms with Crippen molar-refractivity contribution in [2.24, 2.45) is 5.73 Å². The van der Waals surface area contributed by atoms with Gasteiger partial charge in [0.2, 0.25) is 5.91 Å². The average molecular weight is 420 g/mol. The first-order valence-electron chi connectivity index (χ1n) is 10.7.